The fourth-order valence-corrected chi connectivity index (χ4v) is 2.42. The molecular formula is C15H21ClFN3O2. The number of nitrogens with one attached hydrogen (secondary N) is 3. The van der Waals surface area contributed by atoms with Gasteiger partial charge in [-0.3, -0.25) is 9.59 Å². The number of hydrogen-bond acceptors (Lipinski definition) is 3. The first-order valence-electron chi connectivity index (χ1n) is 7.15. The van der Waals surface area contributed by atoms with Crippen molar-refractivity contribution in [3.05, 3.63) is 24.0 Å². The standard InChI is InChI=1S/C15H20FN3O2.ClH/c1-10(20)18-14-9-12(4-6-13(14)16)19-15(21)7-5-11-3-2-8-17-11;/h4,6,9,11,17H,2-3,5,7-8H2,1H3,(H,18,20)(H,19,21);1H. The summed E-state index contributed by atoms with van der Waals surface area (Å²) < 4.78 is 13.5. The van der Waals surface area contributed by atoms with Crippen molar-refractivity contribution in [2.75, 3.05) is 17.2 Å². The fourth-order valence-electron chi connectivity index (χ4n) is 2.42. The third-order valence-electron chi connectivity index (χ3n) is 3.44. The van der Waals surface area contributed by atoms with Gasteiger partial charge in [-0.25, -0.2) is 4.39 Å². The van der Waals surface area contributed by atoms with Gasteiger partial charge in [0.25, 0.3) is 0 Å². The molecule has 1 aromatic carbocycles. The van der Waals surface area contributed by atoms with Crippen molar-refractivity contribution in [2.24, 2.45) is 0 Å². The first-order chi connectivity index (χ1) is 10.0. The summed E-state index contributed by atoms with van der Waals surface area (Å²) in [7, 11) is 0. The quantitative estimate of drug-likeness (QED) is 0.778. The zero-order valence-electron chi connectivity index (χ0n) is 12.4. The van der Waals surface area contributed by atoms with E-state index in [4.69, 9.17) is 0 Å². The molecular weight excluding hydrogens is 309 g/mol. The Morgan fingerprint density at radius 1 is 1.36 bits per heavy atom. The van der Waals surface area contributed by atoms with E-state index in [-0.39, 0.29) is 29.9 Å². The molecule has 2 amide bonds. The predicted octanol–water partition coefficient (Wildman–Crippen LogP) is 2.68. The molecule has 0 saturated carbocycles. The minimum absolute atomic E-state index is 0. The van der Waals surface area contributed by atoms with Crippen LogP contribution in [0.15, 0.2) is 18.2 Å². The molecule has 2 rings (SSSR count). The van der Waals surface area contributed by atoms with Crippen molar-refractivity contribution in [3.63, 3.8) is 0 Å². The van der Waals surface area contributed by atoms with Crippen LogP contribution in [-0.2, 0) is 9.59 Å². The van der Waals surface area contributed by atoms with E-state index >= 15 is 0 Å². The molecule has 22 heavy (non-hydrogen) atoms. The van der Waals surface area contributed by atoms with Gasteiger partial charge in [0.2, 0.25) is 11.8 Å². The minimum Gasteiger partial charge on any atom is -0.326 e. The second kappa shape index (κ2) is 8.70. The summed E-state index contributed by atoms with van der Waals surface area (Å²) in [4.78, 5) is 22.8. The van der Waals surface area contributed by atoms with Gasteiger partial charge in [-0.1, -0.05) is 0 Å². The van der Waals surface area contributed by atoms with Crippen LogP contribution in [0.5, 0.6) is 0 Å². The molecule has 0 aromatic heterocycles. The molecule has 1 aromatic rings. The van der Waals surface area contributed by atoms with Crippen molar-refractivity contribution in [2.45, 2.75) is 38.6 Å². The maximum Gasteiger partial charge on any atom is 0.224 e. The Balaban J connectivity index is 0.00000242. The zero-order valence-corrected chi connectivity index (χ0v) is 13.3. The van der Waals surface area contributed by atoms with Crippen molar-refractivity contribution >= 4 is 35.6 Å². The lowest BCUT2D eigenvalue weighted by Crippen LogP contribution is -2.23. The highest BCUT2D eigenvalue weighted by atomic mass is 35.5. The maximum absolute atomic E-state index is 13.5. The number of hydrogen-bond donors (Lipinski definition) is 3. The van der Waals surface area contributed by atoms with Gasteiger partial charge in [0.05, 0.1) is 5.69 Å². The van der Waals surface area contributed by atoms with Crippen molar-refractivity contribution in [3.8, 4) is 0 Å². The summed E-state index contributed by atoms with van der Waals surface area (Å²) in [5, 5.41) is 8.45. The van der Waals surface area contributed by atoms with Crippen LogP contribution in [0, 0.1) is 5.82 Å². The highest BCUT2D eigenvalue weighted by Crippen LogP contribution is 2.20. The molecule has 1 saturated heterocycles. The van der Waals surface area contributed by atoms with E-state index in [9.17, 15) is 14.0 Å². The Bertz CT molecular complexity index is 534. The third kappa shape index (κ3) is 5.61. The molecule has 0 radical (unpaired) electrons. The second-order valence-electron chi connectivity index (χ2n) is 5.26. The lowest BCUT2D eigenvalue weighted by molar-refractivity contribution is -0.116. The van der Waals surface area contributed by atoms with Crippen molar-refractivity contribution in [1.29, 1.82) is 0 Å². The Morgan fingerprint density at radius 3 is 2.77 bits per heavy atom. The molecule has 1 aliphatic rings. The first-order valence-corrected chi connectivity index (χ1v) is 7.15. The molecule has 1 aliphatic heterocycles. The monoisotopic (exact) mass is 329 g/mol. The van der Waals surface area contributed by atoms with Crippen LogP contribution in [0.1, 0.15) is 32.6 Å². The van der Waals surface area contributed by atoms with Crippen LogP contribution in [0.25, 0.3) is 0 Å². The molecule has 0 spiro atoms. The fraction of sp³-hybridized carbons (Fsp3) is 0.467. The van der Waals surface area contributed by atoms with E-state index in [0.29, 0.717) is 18.2 Å². The number of carbonyl (C=O) groups excluding carboxylic acids is 2. The molecule has 1 atom stereocenters. The lowest BCUT2D eigenvalue weighted by Gasteiger charge is -2.11. The smallest absolute Gasteiger partial charge is 0.224 e. The largest absolute Gasteiger partial charge is 0.326 e. The van der Waals surface area contributed by atoms with Gasteiger partial charge in [0.1, 0.15) is 5.82 Å². The lowest BCUT2D eigenvalue weighted by atomic mass is 10.1. The SMILES string of the molecule is CC(=O)Nc1cc(NC(=O)CCC2CCCN2)ccc1F.Cl. The van der Waals surface area contributed by atoms with E-state index in [0.717, 1.165) is 25.8 Å². The van der Waals surface area contributed by atoms with Gasteiger partial charge in [-0.15, -0.1) is 12.4 Å². The van der Waals surface area contributed by atoms with Crippen LogP contribution < -0.4 is 16.0 Å². The number of rotatable bonds is 5. The number of amides is 2. The molecule has 1 heterocycles. The number of benzene rings is 1. The molecule has 3 N–H and O–H groups in total. The Kier molecular flexibility index (Phi) is 7.27. The van der Waals surface area contributed by atoms with Crippen molar-refractivity contribution in [1.82, 2.24) is 5.32 Å². The first kappa shape index (κ1) is 18.4. The molecule has 7 heteroatoms. The Hall–Kier alpha value is -1.66. The number of anilines is 2. The number of halogens is 2. The van der Waals surface area contributed by atoms with E-state index in [2.05, 4.69) is 16.0 Å². The zero-order chi connectivity index (χ0) is 15.2. The maximum atomic E-state index is 13.5. The van der Waals surface area contributed by atoms with E-state index in [1.165, 1.54) is 25.1 Å². The van der Waals surface area contributed by atoms with Gasteiger partial charge in [0, 0.05) is 25.1 Å². The van der Waals surface area contributed by atoms with Gasteiger partial charge in [-0.05, 0) is 44.0 Å². The molecule has 0 aliphatic carbocycles. The summed E-state index contributed by atoms with van der Waals surface area (Å²) in [5.41, 5.74) is 0.544. The van der Waals surface area contributed by atoms with Crippen molar-refractivity contribution < 1.29 is 14.0 Å². The molecule has 1 unspecified atom stereocenters. The Labute approximate surface area is 135 Å². The summed E-state index contributed by atoms with van der Waals surface area (Å²) >= 11 is 0. The second-order valence-corrected chi connectivity index (χ2v) is 5.26. The van der Waals surface area contributed by atoms with Crippen LogP contribution in [0.2, 0.25) is 0 Å². The highest BCUT2D eigenvalue weighted by molar-refractivity contribution is 5.93. The average molecular weight is 330 g/mol. The van der Waals surface area contributed by atoms with Gasteiger partial charge < -0.3 is 16.0 Å². The molecule has 0 bridgehead atoms. The normalized spacial score (nSPS) is 16.7. The van der Waals surface area contributed by atoms with E-state index < -0.39 is 5.82 Å². The van der Waals surface area contributed by atoms with Gasteiger partial charge >= 0.3 is 0 Å². The Morgan fingerprint density at radius 2 is 2.14 bits per heavy atom. The summed E-state index contributed by atoms with van der Waals surface area (Å²) in [6.07, 6.45) is 3.48. The molecule has 1 fully saturated rings. The van der Waals surface area contributed by atoms with E-state index in [1.807, 2.05) is 0 Å². The average Bonchev–Trinajstić information content (AvgIpc) is 2.93. The minimum atomic E-state index is -0.529. The summed E-state index contributed by atoms with van der Waals surface area (Å²) in [6, 6.07) is 4.53. The van der Waals surface area contributed by atoms with Crippen LogP contribution in [-0.4, -0.2) is 24.4 Å². The van der Waals surface area contributed by atoms with Crippen LogP contribution >= 0.6 is 12.4 Å². The van der Waals surface area contributed by atoms with Crippen LogP contribution in [0.3, 0.4) is 0 Å². The van der Waals surface area contributed by atoms with Crippen LogP contribution in [0.4, 0.5) is 15.8 Å². The summed E-state index contributed by atoms with van der Waals surface area (Å²) in [6.45, 7) is 2.32. The molecule has 5 nitrogen and oxygen atoms in total. The van der Waals surface area contributed by atoms with E-state index in [1.54, 1.807) is 0 Å². The highest BCUT2D eigenvalue weighted by Gasteiger charge is 2.15. The summed E-state index contributed by atoms with van der Waals surface area (Å²) in [5.74, 6) is -0.993. The third-order valence-corrected chi connectivity index (χ3v) is 3.44. The van der Waals surface area contributed by atoms with Gasteiger partial charge in [-0.2, -0.15) is 0 Å². The molecule has 122 valence electrons. The predicted molar refractivity (Wildman–Crippen MR) is 86.8 cm³/mol. The topological polar surface area (TPSA) is 70.2 Å². The number of carbonyl (C=O) groups is 2. The van der Waals surface area contributed by atoms with Gasteiger partial charge in [0.15, 0.2) is 0 Å².